The van der Waals surface area contributed by atoms with E-state index >= 15 is 0 Å². The zero-order valence-corrected chi connectivity index (χ0v) is 8.29. The van der Waals surface area contributed by atoms with Gasteiger partial charge in [-0.2, -0.15) is 0 Å². The number of ether oxygens (including phenoxy) is 1. The van der Waals surface area contributed by atoms with Gasteiger partial charge >= 0.3 is 0 Å². The van der Waals surface area contributed by atoms with Gasteiger partial charge in [0, 0.05) is 37.9 Å². The summed E-state index contributed by atoms with van der Waals surface area (Å²) in [6.45, 7) is 3.02. The van der Waals surface area contributed by atoms with Crippen molar-refractivity contribution in [2.24, 2.45) is 0 Å². The Morgan fingerprint density at radius 3 is 3.14 bits per heavy atom. The molecule has 0 bridgehead atoms. The summed E-state index contributed by atoms with van der Waals surface area (Å²) in [5.41, 5.74) is 1.23. The summed E-state index contributed by atoms with van der Waals surface area (Å²) in [6.07, 6.45) is 1.78. The molecule has 14 heavy (non-hydrogen) atoms. The number of aromatic nitrogens is 1. The molecule has 2 heterocycles. The van der Waals surface area contributed by atoms with Crippen molar-refractivity contribution in [2.75, 3.05) is 26.7 Å². The molecule has 4 nitrogen and oxygen atoms in total. The maximum Gasteiger partial charge on any atom is 0.213 e. The van der Waals surface area contributed by atoms with E-state index in [-0.39, 0.29) is 0 Å². The van der Waals surface area contributed by atoms with E-state index in [1.165, 1.54) is 5.56 Å². The molecule has 0 saturated carbocycles. The lowest BCUT2D eigenvalue weighted by Gasteiger charge is -2.24. The molecule has 2 N–H and O–H groups in total. The van der Waals surface area contributed by atoms with E-state index in [0.29, 0.717) is 11.9 Å². The average molecular weight is 193 g/mol. The van der Waals surface area contributed by atoms with Gasteiger partial charge in [0.25, 0.3) is 0 Å². The predicted octanol–water partition coefficient (Wildman–Crippen LogP) is 0.324. The molecule has 0 spiro atoms. The monoisotopic (exact) mass is 193 g/mol. The summed E-state index contributed by atoms with van der Waals surface area (Å²) in [7, 11) is 1.64. The Bertz CT molecular complexity index is 297. The van der Waals surface area contributed by atoms with Gasteiger partial charge in [0.1, 0.15) is 0 Å². The molecule has 0 amide bonds. The maximum atomic E-state index is 5.09. The number of piperazine rings is 1. The first-order chi connectivity index (χ1) is 6.90. The zero-order valence-electron chi connectivity index (χ0n) is 8.29. The van der Waals surface area contributed by atoms with Crippen molar-refractivity contribution in [2.45, 2.75) is 6.04 Å². The van der Waals surface area contributed by atoms with Crippen LogP contribution in [0.25, 0.3) is 0 Å². The minimum Gasteiger partial charge on any atom is -0.481 e. The maximum absolute atomic E-state index is 5.09. The minimum absolute atomic E-state index is 0.376. The lowest BCUT2D eigenvalue weighted by molar-refractivity contribution is 0.392. The molecule has 1 aliphatic heterocycles. The molecular weight excluding hydrogens is 178 g/mol. The van der Waals surface area contributed by atoms with Crippen molar-refractivity contribution in [3.63, 3.8) is 0 Å². The third-order valence-electron chi connectivity index (χ3n) is 2.41. The molecule has 1 saturated heterocycles. The Labute approximate surface area is 83.7 Å². The van der Waals surface area contributed by atoms with Gasteiger partial charge in [0.05, 0.1) is 7.11 Å². The van der Waals surface area contributed by atoms with Gasteiger partial charge < -0.3 is 15.4 Å². The summed E-state index contributed by atoms with van der Waals surface area (Å²) >= 11 is 0. The molecule has 1 aromatic heterocycles. The largest absolute Gasteiger partial charge is 0.481 e. The smallest absolute Gasteiger partial charge is 0.213 e. The predicted molar refractivity (Wildman–Crippen MR) is 54.4 cm³/mol. The van der Waals surface area contributed by atoms with Crippen molar-refractivity contribution in [3.8, 4) is 5.88 Å². The summed E-state index contributed by atoms with van der Waals surface area (Å²) in [5, 5.41) is 6.79. The van der Waals surface area contributed by atoms with Gasteiger partial charge in [0.15, 0.2) is 0 Å². The van der Waals surface area contributed by atoms with Crippen LogP contribution in [-0.4, -0.2) is 31.7 Å². The van der Waals surface area contributed by atoms with Crippen LogP contribution in [0.15, 0.2) is 18.3 Å². The van der Waals surface area contributed by atoms with Gasteiger partial charge in [-0.15, -0.1) is 0 Å². The molecule has 1 aromatic rings. The first-order valence-corrected chi connectivity index (χ1v) is 4.84. The Hall–Kier alpha value is -1.13. The van der Waals surface area contributed by atoms with E-state index < -0.39 is 0 Å². The first kappa shape index (κ1) is 9.43. The normalized spacial score (nSPS) is 21.9. The summed E-state index contributed by atoms with van der Waals surface area (Å²) < 4.78 is 5.09. The fourth-order valence-corrected chi connectivity index (χ4v) is 1.64. The highest BCUT2D eigenvalue weighted by Crippen LogP contribution is 2.16. The Morgan fingerprint density at radius 2 is 2.43 bits per heavy atom. The Balaban J connectivity index is 2.13. The molecular formula is C10H15N3O. The third kappa shape index (κ3) is 2.02. The van der Waals surface area contributed by atoms with Crippen LogP contribution in [0.4, 0.5) is 0 Å². The van der Waals surface area contributed by atoms with Crippen LogP contribution in [0.3, 0.4) is 0 Å². The highest BCUT2D eigenvalue weighted by molar-refractivity contribution is 5.24. The number of pyridine rings is 1. The molecule has 1 fully saturated rings. The van der Waals surface area contributed by atoms with Crippen LogP contribution in [-0.2, 0) is 0 Å². The Kier molecular flexibility index (Phi) is 2.96. The molecule has 0 aromatic carbocycles. The minimum atomic E-state index is 0.376. The number of nitrogens with zero attached hydrogens (tertiary/aromatic N) is 1. The highest BCUT2D eigenvalue weighted by atomic mass is 16.5. The lowest BCUT2D eigenvalue weighted by Crippen LogP contribution is -2.42. The van der Waals surface area contributed by atoms with E-state index in [1.54, 1.807) is 13.3 Å². The van der Waals surface area contributed by atoms with Crippen molar-refractivity contribution in [1.82, 2.24) is 15.6 Å². The van der Waals surface area contributed by atoms with E-state index in [1.807, 2.05) is 12.1 Å². The number of methoxy groups -OCH3 is 1. The molecule has 2 rings (SSSR count). The van der Waals surface area contributed by atoms with Gasteiger partial charge in [-0.05, 0) is 11.6 Å². The number of rotatable bonds is 2. The topological polar surface area (TPSA) is 46.2 Å². The molecule has 4 heteroatoms. The third-order valence-corrected chi connectivity index (χ3v) is 2.41. The van der Waals surface area contributed by atoms with Crippen LogP contribution >= 0.6 is 0 Å². The van der Waals surface area contributed by atoms with Gasteiger partial charge in [0.2, 0.25) is 5.88 Å². The lowest BCUT2D eigenvalue weighted by atomic mass is 10.1. The highest BCUT2D eigenvalue weighted by Gasteiger charge is 2.14. The van der Waals surface area contributed by atoms with Crippen molar-refractivity contribution in [3.05, 3.63) is 23.9 Å². The van der Waals surface area contributed by atoms with E-state index in [4.69, 9.17) is 4.74 Å². The average Bonchev–Trinajstić information content (AvgIpc) is 2.30. The second-order valence-electron chi connectivity index (χ2n) is 3.34. The summed E-state index contributed by atoms with van der Waals surface area (Å²) in [6, 6.07) is 4.37. The summed E-state index contributed by atoms with van der Waals surface area (Å²) in [5.74, 6) is 0.676. The van der Waals surface area contributed by atoms with Crippen molar-refractivity contribution < 1.29 is 4.74 Å². The zero-order chi connectivity index (χ0) is 9.80. The Morgan fingerprint density at radius 1 is 1.50 bits per heavy atom. The van der Waals surface area contributed by atoms with E-state index in [0.717, 1.165) is 19.6 Å². The molecule has 0 radical (unpaired) electrons. The number of nitrogens with one attached hydrogen (secondary N) is 2. The SMILES string of the molecule is COc1cc([C@H]2CNCCN2)ccn1. The molecule has 1 atom stereocenters. The first-order valence-electron chi connectivity index (χ1n) is 4.84. The van der Waals surface area contributed by atoms with E-state index in [2.05, 4.69) is 15.6 Å². The quantitative estimate of drug-likeness (QED) is 0.710. The van der Waals surface area contributed by atoms with Crippen molar-refractivity contribution in [1.29, 1.82) is 0 Å². The van der Waals surface area contributed by atoms with Crippen LogP contribution in [0.1, 0.15) is 11.6 Å². The second-order valence-corrected chi connectivity index (χ2v) is 3.34. The molecule has 0 unspecified atom stereocenters. The standard InChI is InChI=1S/C10H15N3O/c1-14-10-6-8(2-3-13-10)9-7-11-4-5-12-9/h2-3,6,9,11-12H,4-5,7H2,1H3/t9-/m1/s1. The summed E-state index contributed by atoms with van der Waals surface area (Å²) in [4.78, 5) is 4.08. The van der Waals surface area contributed by atoms with Crippen LogP contribution in [0, 0.1) is 0 Å². The fraction of sp³-hybridized carbons (Fsp3) is 0.500. The fourth-order valence-electron chi connectivity index (χ4n) is 1.64. The molecule has 76 valence electrons. The number of hydrogen-bond donors (Lipinski definition) is 2. The van der Waals surface area contributed by atoms with Gasteiger partial charge in [-0.3, -0.25) is 0 Å². The van der Waals surface area contributed by atoms with Gasteiger partial charge in [-0.25, -0.2) is 4.98 Å². The molecule has 0 aliphatic carbocycles. The molecule has 1 aliphatic rings. The van der Waals surface area contributed by atoms with Crippen LogP contribution < -0.4 is 15.4 Å². The second kappa shape index (κ2) is 4.39. The number of hydrogen-bond acceptors (Lipinski definition) is 4. The van der Waals surface area contributed by atoms with E-state index in [9.17, 15) is 0 Å². The van der Waals surface area contributed by atoms with Gasteiger partial charge in [-0.1, -0.05) is 0 Å². The van der Waals surface area contributed by atoms with Crippen LogP contribution in [0.5, 0.6) is 5.88 Å². The van der Waals surface area contributed by atoms with Crippen LogP contribution in [0.2, 0.25) is 0 Å². The van der Waals surface area contributed by atoms with Crippen molar-refractivity contribution >= 4 is 0 Å².